The van der Waals surface area contributed by atoms with E-state index in [-0.39, 0.29) is 0 Å². The highest BCUT2D eigenvalue weighted by atomic mass is 16.5. The first-order valence-electron chi connectivity index (χ1n) is 9.56. The molecule has 26 heavy (non-hydrogen) atoms. The molecule has 1 saturated heterocycles. The van der Waals surface area contributed by atoms with Gasteiger partial charge in [-0.15, -0.1) is 0 Å². The van der Waals surface area contributed by atoms with Gasteiger partial charge in [-0.3, -0.25) is 10.0 Å². The van der Waals surface area contributed by atoms with E-state index < -0.39 is 5.91 Å². The van der Waals surface area contributed by atoms with E-state index in [9.17, 15) is 4.79 Å². The number of carbonyl (C=O) groups is 1. The van der Waals surface area contributed by atoms with E-state index in [1.807, 2.05) is 12.1 Å². The lowest BCUT2D eigenvalue weighted by Crippen LogP contribution is -2.15. The minimum absolute atomic E-state index is 0.461. The fourth-order valence-electron chi connectivity index (χ4n) is 3.63. The van der Waals surface area contributed by atoms with E-state index in [0.717, 1.165) is 42.5 Å². The van der Waals surface area contributed by atoms with Crippen molar-refractivity contribution in [3.8, 4) is 0 Å². The van der Waals surface area contributed by atoms with Crippen LogP contribution in [0.4, 0.5) is 0 Å². The number of fused-ring (bicyclic) bond motifs is 1. The molecular formula is C20H28N4O2. The molecule has 6 heteroatoms. The maximum atomic E-state index is 11.2. The number of aromatic nitrogens is 2. The van der Waals surface area contributed by atoms with Gasteiger partial charge in [-0.1, -0.05) is 32.3 Å². The SMILES string of the molecule is CCCCCCc1nc2cc(/C=C/C(=O)NO)ccc2n1C1CCNC1. The lowest BCUT2D eigenvalue weighted by atomic mass is 10.1. The van der Waals surface area contributed by atoms with E-state index in [1.165, 1.54) is 37.6 Å². The van der Waals surface area contributed by atoms with Gasteiger partial charge in [0.2, 0.25) is 0 Å². The van der Waals surface area contributed by atoms with Gasteiger partial charge in [-0.25, -0.2) is 10.5 Å². The Kier molecular flexibility index (Phi) is 6.41. The van der Waals surface area contributed by atoms with Gasteiger partial charge in [0.1, 0.15) is 5.82 Å². The highest BCUT2D eigenvalue weighted by Gasteiger charge is 2.22. The lowest BCUT2D eigenvalue weighted by Gasteiger charge is -2.16. The van der Waals surface area contributed by atoms with Crippen molar-refractivity contribution in [2.75, 3.05) is 13.1 Å². The molecule has 1 amide bonds. The topological polar surface area (TPSA) is 79.2 Å². The normalized spacial score (nSPS) is 17.4. The molecule has 0 bridgehead atoms. The first-order chi connectivity index (χ1) is 12.7. The molecule has 0 saturated carbocycles. The Bertz CT molecular complexity index is 775. The van der Waals surface area contributed by atoms with Crippen LogP contribution in [-0.4, -0.2) is 33.8 Å². The summed E-state index contributed by atoms with van der Waals surface area (Å²) in [6.07, 6.45) is 10.0. The van der Waals surface area contributed by atoms with Crippen LogP contribution in [0.1, 0.15) is 56.5 Å². The minimum atomic E-state index is -0.538. The summed E-state index contributed by atoms with van der Waals surface area (Å²) in [6, 6.07) is 6.55. The summed E-state index contributed by atoms with van der Waals surface area (Å²) in [4.78, 5) is 16.1. The number of hydroxylamine groups is 1. The number of nitrogens with zero attached hydrogens (tertiary/aromatic N) is 2. The smallest absolute Gasteiger partial charge is 0.267 e. The molecule has 1 aliphatic heterocycles. The predicted octanol–water partition coefficient (Wildman–Crippen LogP) is 3.21. The molecule has 1 aromatic carbocycles. The molecule has 1 aliphatic rings. The molecule has 6 nitrogen and oxygen atoms in total. The number of hydrogen-bond acceptors (Lipinski definition) is 4. The monoisotopic (exact) mass is 356 g/mol. The Balaban J connectivity index is 1.89. The number of benzene rings is 1. The largest absolute Gasteiger partial charge is 0.324 e. The van der Waals surface area contributed by atoms with Crippen molar-refractivity contribution in [2.24, 2.45) is 0 Å². The van der Waals surface area contributed by atoms with Gasteiger partial charge in [0.25, 0.3) is 5.91 Å². The fourth-order valence-corrected chi connectivity index (χ4v) is 3.63. The standard InChI is InChI=1S/C20H28N4O2/c1-2-3-4-5-6-19-22-17-13-15(8-10-20(25)23-26)7-9-18(17)24(19)16-11-12-21-14-16/h7-10,13,16,21,26H,2-6,11-12,14H2,1H3,(H,23,25)/b10-8+. The average Bonchev–Trinajstić information content (AvgIpc) is 3.29. The summed E-state index contributed by atoms with van der Waals surface area (Å²) in [5, 5.41) is 12.0. The quantitative estimate of drug-likeness (QED) is 0.294. The van der Waals surface area contributed by atoms with Gasteiger partial charge in [0.15, 0.2) is 0 Å². The van der Waals surface area contributed by atoms with Crippen molar-refractivity contribution < 1.29 is 10.0 Å². The fraction of sp³-hybridized carbons (Fsp3) is 0.500. The molecule has 1 aromatic heterocycles. The van der Waals surface area contributed by atoms with Crippen molar-refractivity contribution in [3.63, 3.8) is 0 Å². The van der Waals surface area contributed by atoms with Gasteiger partial charge in [0.05, 0.1) is 11.0 Å². The van der Waals surface area contributed by atoms with Crippen LogP contribution >= 0.6 is 0 Å². The molecule has 2 heterocycles. The number of unbranched alkanes of at least 4 members (excludes halogenated alkanes) is 3. The summed E-state index contributed by atoms with van der Waals surface area (Å²) in [7, 11) is 0. The van der Waals surface area contributed by atoms with Crippen LogP contribution in [0.5, 0.6) is 0 Å². The Morgan fingerprint density at radius 2 is 2.31 bits per heavy atom. The second-order valence-electron chi connectivity index (χ2n) is 6.91. The molecule has 0 spiro atoms. The number of rotatable bonds is 8. The summed E-state index contributed by atoms with van der Waals surface area (Å²) < 4.78 is 2.41. The van der Waals surface area contributed by atoms with Crippen LogP contribution in [-0.2, 0) is 11.2 Å². The van der Waals surface area contributed by atoms with E-state index in [2.05, 4.69) is 22.9 Å². The molecule has 1 fully saturated rings. The second-order valence-corrected chi connectivity index (χ2v) is 6.91. The highest BCUT2D eigenvalue weighted by Crippen LogP contribution is 2.27. The zero-order valence-corrected chi connectivity index (χ0v) is 15.4. The van der Waals surface area contributed by atoms with Crippen LogP contribution in [0.25, 0.3) is 17.1 Å². The number of aryl methyl sites for hydroxylation is 1. The first-order valence-corrected chi connectivity index (χ1v) is 9.56. The summed E-state index contributed by atoms with van der Waals surface area (Å²) >= 11 is 0. The highest BCUT2D eigenvalue weighted by molar-refractivity contribution is 5.91. The molecular weight excluding hydrogens is 328 g/mol. The number of amides is 1. The van der Waals surface area contributed by atoms with E-state index in [0.29, 0.717) is 6.04 Å². The van der Waals surface area contributed by atoms with Crippen molar-refractivity contribution in [2.45, 2.75) is 51.5 Å². The van der Waals surface area contributed by atoms with Gasteiger partial charge in [-0.2, -0.15) is 0 Å². The van der Waals surface area contributed by atoms with Gasteiger partial charge < -0.3 is 9.88 Å². The Morgan fingerprint density at radius 1 is 1.42 bits per heavy atom. The first kappa shape index (κ1) is 18.6. The number of hydrogen-bond donors (Lipinski definition) is 3. The summed E-state index contributed by atoms with van der Waals surface area (Å²) in [6.45, 7) is 4.27. The van der Waals surface area contributed by atoms with Crippen molar-refractivity contribution in [3.05, 3.63) is 35.7 Å². The molecule has 2 aromatic rings. The van der Waals surface area contributed by atoms with Crippen LogP contribution < -0.4 is 10.8 Å². The van der Waals surface area contributed by atoms with Gasteiger partial charge in [0, 0.05) is 25.1 Å². The molecule has 3 rings (SSSR count). The second kappa shape index (κ2) is 8.96. The Hall–Kier alpha value is -2.18. The van der Waals surface area contributed by atoms with E-state index in [1.54, 1.807) is 11.6 Å². The molecule has 0 aliphatic carbocycles. The third-order valence-corrected chi connectivity index (χ3v) is 4.98. The van der Waals surface area contributed by atoms with Crippen molar-refractivity contribution >= 4 is 23.0 Å². The Labute approximate surface area is 154 Å². The van der Waals surface area contributed by atoms with Gasteiger partial charge in [-0.05, 0) is 43.2 Å². The zero-order valence-electron chi connectivity index (χ0n) is 15.4. The van der Waals surface area contributed by atoms with E-state index >= 15 is 0 Å². The third kappa shape index (κ3) is 4.31. The number of imidazole rings is 1. The number of carbonyl (C=O) groups excluding carboxylic acids is 1. The van der Waals surface area contributed by atoms with Gasteiger partial charge >= 0.3 is 0 Å². The predicted molar refractivity (Wildman–Crippen MR) is 103 cm³/mol. The van der Waals surface area contributed by atoms with E-state index in [4.69, 9.17) is 10.2 Å². The van der Waals surface area contributed by atoms with Crippen LogP contribution in [0, 0.1) is 0 Å². The number of nitrogens with one attached hydrogen (secondary N) is 2. The summed E-state index contributed by atoms with van der Waals surface area (Å²) in [5.41, 5.74) is 4.63. The maximum Gasteiger partial charge on any atom is 0.267 e. The van der Waals surface area contributed by atoms with Crippen molar-refractivity contribution in [1.82, 2.24) is 20.3 Å². The van der Waals surface area contributed by atoms with Crippen LogP contribution in [0.15, 0.2) is 24.3 Å². The third-order valence-electron chi connectivity index (χ3n) is 4.98. The Morgan fingerprint density at radius 3 is 3.04 bits per heavy atom. The molecule has 1 atom stereocenters. The lowest BCUT2D eigenvalue weighted by molar-refractivity contribution is -0.124. The molecule has 3 N–H and O–H groups in total. The summed E-state index contributed by atoms with van der Waals surface area (Å²) in [5.74, 6) is 0.628. The minimum Gasteiger partial charge on any atom is -0.324 e. The molecule has 0 radical (unpaired) electrons. The van der Waals surface area contributed by atoms with Crippen molar-refractivity contribution in [1.29, 1.82) is 0 Å². The van der Waals surface area contributed by atoms with Crippen LogP contribution in [0.2, 0.25) is 0 Å². The molecule has 1 unspecified atom stereocenters. The maximum absolute atomic E-state index is 11.2. The zero-order chi connectivity index (χ0) is 18.4. The average molecular weight is 356 g/mol. The molecule has 140 valence electrons. The van der Waals surface area contributed by atoms with Crippen LogP contribution in [0.3, 0.4) is 0 Å².